The molecular weight excluding hydrogens is 474 g/mol. The third kappa shape index (κ3) is 5.52. The maximum Gasteiger partial charge on any atom is 0.255 e. The topological polar surface area (TPSA) is 72.3 Å². The van der Waals surface area contributed by atoms with Gasteiger partial charge in [0.05, 0.1) is 5.69 Å². The van der Waals surface area contributed by atoms with E-state index in [9.17, 15) is 4.79 Å². The number of nitrogens with one attached hydrogen (secondary N) is 1. The summed E-state index contributed by atoms with van der Waals surface area (Å²) in [6.45, 7) is 8.64. The van der Waals surface area contributed by atoms with E-state index in [1.807, 2.05) is 73.7 Å². The summed E-state index contributed by atoms with van der Waals surface area (Å²) in [6, 6.07) is 29.2. The molecule has 5 rings (SSSR count). The minimum atomic E-state index is -0.193. The zero-order chi connectivity index (χ0) is 26.5. The number of hydrogen-bond donors (Lipinski definition) is 1. The molecular formula is C31H31N5O2. The molecule has 1 aromatic heterocycles. The number of anilines is 2. The van der Waals surface area contributed by atoms with Crippen molar-refractivity contribution in [3.63, 3.8) is 0 Å². The van der Waals surface area contributed by atoms with Gasteiger partial charge in [-0.1, -0.05) is 30.3 Å². The Labute approximate surface area is 222 Å². The van der Waals surface area contributed by atoms with Crippen molar-refractivity contribution < 1.29 is 9.53 Å². The van der Waals surface area contributed by atoms with Crippen molar-refractivity contribution in [2.45, 2.75) is 27.4 Å². The van der Waals surface area contributed by atoms with Crippen molar-refractivity contribution in [2.75, 3.05) is 23.3 Å². The molecule has 5 aromatic rings. The van der Waals surface area contributed by atoms with Crippen LogP contribution in [0.1, 0.15) is 35.3 Å². The third-order valence-electron chi connectivity index (χ3n) is 6.55. The van der Waals surface area contributed by atoms with E-state index in [0.717, 1.165) is 35.4 Å². The number of ether oxygens (including phenoxy) is 1. The first-order valence-corrected chi connectivity index (χ1v) is 12.8. The second kappa shape index (κ2) is 11.2. The van der Waals surface area contributed by atoms with Gasteiger partial charge in [-0.3, -0.25) is 4.79 Å². The van der Waals surface area contributed by atoms with Crippen LogP contribution in [0.2, 0.25) is 0 Å². The third-order valence-corrected chi connectivity index (χ3v) is 6.55. The van der Waals surface area contributed by atoms with E-state index in [1.54, 1.807) is 16.9 Å². The van der Waals surface area contributed by atoms with E-state index in [1.165, 1.54) is 5.69 Å². The molecule has 4 aromatic carbocycles. The van der Waals surface area contributed by atoms with Crippen LogP contribution < -0.4 is 15.0 Å². The second-order valence-corrected chi connectivity index (χ2v) is 9.09. The van der Waals surface area contributed by atoms with E-state index in [4.69, 9.17) is 4.74 Å². The Hall–Kier alpha value is -4.65. The first kappa shape index (κ1) is 25.0. The molecule has 38 heavy (non-hydrogen) atoms. The summed E-state index contributed by atoms with van der Waals surface area (Å²) in [7, 11) is 0. The summed E-state index contributed by atoms with van der Waals surface area (Å²) in [5, 5.41) is 12.3. The van der Waals surface area contributed by atoms with Gasteiger partial charge in [0.25, 0.3) is 5.91 Å². The van der Waals surface area contributed by atoms with Crippen molar-refractivity contribution in [1.82, 2.24) is 15.0 Å². The second-order valence-electron chi connectivity index (χ2n) is 9.09. The number of aryl methyl sites for hydroxylation is 1. The Morgan fingerprint density at radius 2 is 1.53 bits per heavy atom. The molecule has 0 fully saturated rings. The number of rotatable bonds is 9. The highest BCUT2D eigenvalue weighted by Gasteiger charge is 2.13. The van der Waals surface area contributed by atoms with Crippen LogP contribution in [0.3, 0.4) is 0 Å². The molecule has 0 aliphatic rings. The average molecular weight is 506 g/mol. The van der Waals surface area contributed by atoms with Gasteiger partial charge in [-0.15, -0.1) is 10.2 Å². The van der Waals surface area contributed by atoms with Gasteiger partial charge in [-0.05, 0) is 92.6 Å². The van der Waals surface area contributed by atoms with Crippen molar-refractivity contribution in [2.24, 2.45) is 0 Å². The normalized spacial score (nSPS) is 10.9. The molecule has 7 heteroatoms. The molecule has 7 nitrogen and oxygen atoms in total. The highest BCUT2D eigenvalue weighted by molar-refractivity contribution is 6.05. The molecule has 0 spiro atoms. The number of carbonyl (C=O) groups excluding carboxylic acids is 1. The van der Waals surface area contributed by atoms with Crippen molar-refractivity contribution in [1.29, 1.82) is 0 Å². The lowest BCUT2D eigenvalue weighted by Crippen LogP contribution is -2.21. The van der Waals surface area contributed by atoms with Gasteiger partial charge in [-0.25, -0.2) is 0 Å². The highest BCUT2D eigenvalue weighted by Crippen LogP contribution is 2.24. The molecule has 0 radical (unpaired) electrons. The Balaban J connectivity index is 1.28. The Morgan fingerprint density at radius 3 is 2.18 bits per heavy atom. The van der Waals surface area contributed by atoms with Crippen molar-refractivity contribution in [3.05, 3.63) is 108 Å². The van der Waals surface area contributed by atoms with Gasteiger partial charge in [-0.2, -0.15) is 4.80 Å². The number of nitrogens with zero attached hydrogens (tertiary/aromatic N) is 4. The van der Waals surface area contributed by atoms with Gasteiger partial charge in [0, 0.05) is 30.0 Å². The fraction of sp³-hybridized carbons (Fsp3) is 0.194. The number of fused-ring (bicyclic) bond motifs is 1. The van der Waals surface area contributed by atoms with E-state index in [-0.39, 0.29) is 5.91 Å². The SMILES string of the molecule is CCN(CC)c1ccc(-n2nc3cc(C)c(NC(=O)c4ccc(OCc5ccccc5)cc4)cc3n2)cc1. The maximum atomic E-state index is 13.0. The summed E-state index contributed by atoms with van der Waals surface area (Å²) in [5.74, 6) is 0.520. The summed E-state index contributed by atoms with van der Waals surface area (Å²) in [5.41, 5.74) is 6.80. The van der Waals surface area contributed by atoms with Gasteiger partial charge < -0.3 is 15.0 Å². The summed E-state index contributed by atoms with van der Waals surface area (Å²) >= 11 is 0. The molecule has 1 amide bonds. The number of carbonyl (C=O) groups is 1. The smallest absolute Gasteiger partial charge is 0.255 e. The van der Waals surface area contributed by atoms with Gasteiger partial charge >= 0.3 is 0 Å². The summed E-state index contributed by atoms with van der Waals surface area (Å²) in [4.78, 5) is 16.9. The Bertz CT molecular complexity index is 1520. The summed E-state index contributed by atoms with van der Waals surface area (Å²) < 4.78 is 5.83. The van der Waals surface area contributed by atoms with Crippen LogP contribution in [-0.4, -0.2) is 34.0 Å². The molecule has 0 aliphatic heterocycles. The molecule has 1 N–H and O–H groups in total. The van der Waals surface area contributed by atoms with Crippen LogP contribution in [0.5, 0.6) is 5.75 Å². The number of amides is 1. The van der Waals surface area contributed by atoms with Crippen LogP contribution in [0.15, 0.2) is 91.0 Å². The monoisotopic (exact) mass is 505 g/mol. The largest absolute Gasteiger partial charge is 0.489 e. The van der Waals surface area contributed by atoms with Crippen molar-refractivity contribution in [3.8, 4) is 11.4 Å². The summed E-state index contributed by atoms with van der Waals surface area (Å²) in [6.07, 6.45) is 0. The van der Waals surface area contributed by atoms with E-state index >= 15 is 0 Å². The van der Waals surface area contributed by atoms with Gasteiger partial charge in [0.1, 0.15) is 23.4 Å². The predicted molar refractivity (Wildman–Crippen MR) is 152 cm³/mol. The zero-order valence-electron chi connectivity index (χ0n) is 21.9. The minimum Gasteiger partial charge on any atom is -0.489 e. The number of hydrogen-bond acceptors (Lipinski definition) is 5. The fourth-order valence-corrected chi connectivity index (χ4v) is 4.34. The lowest BCUT2D eigenvalue weighted by molar-refractivity contribution is 0.102. The average Bonchev–Trinajstić information content (AvgIpc) is 3.36. The molecule has 1 heterocycles. The first-order chi connectivity index (χ1) is 18.5. The van der Waals surface area contributed by atoms with Crippen LogP contribution in [-0.2, 0) is 6.61 Å². The van der Waals surface area contributed by atoms with E-state index in [0.29, 0.717) is 29.1 Å². The zero-order valence-corrected chi connectivity index (χ0v) is 21.9. The lowest BCUT2D eigenvalue weighted by Gasteiger charge is -2.20. The van der Waals surface area contributed by atoms with Crippen LogP contribution >= 0.6 is 0 Å². The van der Waals surface area contributed by atoms with Crippen LogP contribution in [0.25, 0.3) is 16.7 Å². The molecule has 0 aliphatic carbocycles. The van der Waals surface area contributed by atoms with Crippen LogP contribution in [0, 0.1) is 6.92 Å². The Kier molecular flexibility index (Phi) is 7.35. The van der Waals surface area contributed by atoms with Crippen molar-refractivity contribution >= 4 is 28.3 Å². The molecule has 0 saturated carbocycles. The predicted octanol–water partition coefficient (Wildman–Crippen LogP) is 6.41. The highest BCUT2D eigenvalue weighted by atomic mass is 16.5. The number of benzene rings is 4. The van der Waals surface area contributed by atoms with Gasteiger partial charge in [0.2, 0.25) is 0 Å². The fourth-order valence-electron chi connectivity index (χ4n) is 4.34. The number of aromatic nitrogens is 3. The lowest BCUT2D eigenvalue weighted by atomic mass is 10.1. The first-order valence-electron chi connectivity index (χ1n) is 12.8. The molecule has 192 valence electrons. The molecule has 0 saturated heterocycles. The van der Waals surface area contributed by atoms with Crippen LogP contribution in [0.4, 0.5) is 11.4 Å². The molecule has 0 unspecified atom stereocenters. The molecule has 0 bridgehead atoms. The Morgan fingerprint density at radius 1 is 0.868 bits per heavy atom. The maximum absolute atomic E-state index is 13.0. The quantitative estimate of drug-likeness (QED) is 0.251. The van der Waals surface area contributed by atoms with E-state index in [2.05, 4.69) is 46.4 Å². The standard InChI is InChI=1S/C31H31N5O2/c1-4-35(5-2)25-13-15-26(16-14-25)36-33-29-19-22(3)28(20-30(29)34-36)32-31(37)24-11-17-27(18-12-24)38-21-23-9-7-6-8-10-23/h6-20H,4-5,21H2,1-3H3,(H,32,37). The minimum absolute atomic E-state index is 0.193. The van der Waals surface area contributed by atoms with Gasteiger partial charge in [0.15, 0.2) is 0 Å². The molecule has 0 atom stereocenters. The van der Waals surface area contributed by atoms with E-state index < -0.39 is 0 Å².